The molecule has 1 aromatic carbocycles. The topological polar surface area (TPSA) is 33.3 Å². The highest BCUT2D eigenvalue weighted by molar-refractivity contribution is 7.80. The van der Waals surface area contributed by atoms with E-state index in [1.54, 1.807) is 0 Å². The molecule has 102 valence electrons. The SMILES string of the molecule is S=C(NCC1CCCO1)Nc1ccc2c(c1)CCC2. The van der Waals surface area contributed by atoms with E-state index in [-0.39, 0.29) is 0 Å². The van der Waals surface area contributed by atoms with Gasteiger partial charge in [0.1, 0.15) is 0 Å². The van der Waals surface area contributed by atoms with Crippen molar-refractivity contribution in [1.29, 1.82) is 0 Å². The lowest BCUT2D eigenvalue weighted by Crippen LogP contribution is -2.34. The Morgan fingerprint density at radius 1 is 1.26 bits per heavy atom. The highest BCUT2D eigenvalue weighted by atomic mass is 32.1. The van der Waals surface area contributed by atoms with Gasteiger partial charge in [0.2, 0.25) is 0 Å². The second kappa shape index (κ2) is 5.88. The molecule has 3 nitrogen and oxygen atoms in total. The molecule has 0 saturated carbocycles. The second-order valence-electron chi connectivity index (χ2n) is 5.31. The molecule has 1 aliphatic carbocycles. The second-order valence-corrected chi connectivity index (χ2v) is 5.72. The van der Waals surface area contributed by atoms with Crippen LogP contribution in [0.2, 0.25) is 0 Å². The van der Waals surface area contributed by atoms with Gasteiger partial charge in [0, 0.05) is 18.8 Å². The number of hydrogen-bond acceptors (Lipinski definition) is 2. The van der Waals surface area contributed by atoms with E-state index in [4.69, 9.17) is 17.0 Å². The molecule has 1 unspecified atom stereocenters. The summed E-state index contributed by atoms with van der Waals surface area (Å²) >= 11 is 5.32. The quantitative estimate of drug-likeness (QED) is 0.832. The van der Waals surface area contributed by atoms with Crippen LogP contribution in [0, 0.1) is 0 Å². The first-order valence-corrected chi connectivity index (χ1v) is 7.50. The number of thiocarbonyl (C=S) groups is 1. The maximum atomic E-state index is 5.56. The summed E-state index contributed by atoms with van der Waals surface area (Å²) in [6.45, 7) is 1.69. The molecule has 3 rings (SSSR count). The molecule has 1 aromatic rings. The number of aryl methyl sites for hydroxylation is 2. The van der Waals surface area contributed by atoms with Gasteiger partial charge in [-0.15, -0.1) is 0 Å². The molecule has 0 amide bonds. The van der Waals surface area contributed by atoms with Crippen LogP contribution in [0.4, 0.5) is 5.69 Å². The van der Waals surface area contributed by atoms with E-state index in [2.05, 4.69) is 28.8 Å². The third kappa shape index (κ3) is 3.25. The summed E-state index contributed by atoms with van der Waals surface area (Å²) in [6.07, 6.45) is 6.31. The summed E-state index contributed by atoms with van der Waals surface area (Å²) in [7, 11) is 0. The van der Waals surface area contributed by atoms with E-state index in [9.17, 15) is 0 Å². The number of anilines is 1. The van der Waals surface area contributed by atoms with Crippen molar-refractivity contribution in [2.45, 2.75) is 38.2 Å². The normalized spacial score (nSPS) is 21.2. The van der Waals surface area contributed by atoms with Crippen molar-refractivity contribution in [3.05, 3.63) is 29.3 Å². The van der Waals surface area contributed by atoms with Gasteiger partial charge in [-0.1, -0.05) is 6.07 Å². The van der Waals surface area contributed by atoms with E-state index in [1.165, 1.54) is 30.4 Å². The lowest BCUT2D eigenvalue weighted by Gasteiger charge is -2.14. The van der Waals surface area contributed by atoms with Crippen LogP contribution in [0.1, 0.15) is 30.4 Å². The Morgan fingerprint density at radius 2 is 2.16 bits per heavy atom. The Kier molecular flexibility index (Phi) is 3.99. The summed E-state index contributed by atoms with van der Waals surface area (Å²) in [5, 5.41) is 7.18. The molecule has 0 radical (unpaired) electrons. The highest BCUT2D eigenvalue weighted by Crippen LogP contribution is 2.24. The van der Waals surface area contributed by atoms with Crippen LogP contribution >= 0.6 is 12.2 Å². The highest BCUT2D eigenvalue weighted by Gasteiger charge is 2.15. The third-order valence-electron chi connectivity index (χ3n) is 3.87. The first-order valence-electron chi connectivity index (χ1n) is 7.09. The van der Waals surface area contributed by atoms with Crippen LogP contribution < -0.4 is 10.6 Å². The fourth-order valence-electron chi connectivity index (χ4n) is 2.84. The average Bonchev–Trinajstić information content (AvgIpc) is 3.07. The number of benzene rings is 1. The molecule has 1 aliphatic heterocycles. The predicted molar refractivity (Wildman–Crippen MR) is 81.7 cm³/mol. The molecule has 0 aromatic heterocycles. The minimum absolute atomic E-state index is 0.319. The minimum atomic E-state index is 0.319. The lowest BCUT2D eigenvalue weighted by molar-refractivity contribution is 0.114. The van der Waals surface area contributed by atoms with Crippen molar-refractivity contribution in [3.8, 4) is 0 Å². The molecule has 2 aliphatic rings. The number of ether oxygens (including phenoxy) is 1. The Labute approximate surface area is 119 Å². The molecule has 2 N–H and O–H groups in total. The maximum absolute atomic E-state index is 5.56. The molecule has 0 bridgehead atoms. The maximum Gasteiger partial charge on any atom is 0.170 e. The van der Waals surface area contributed by atoms with E-state index >= 15 is 0 Å². The molecule has 1 heterocycles. The Bertz CT molecular complexity index is 469. The average molecular weight is 276 g/mol. The number of fused-ring (bicyclic) bond motifs is 1. The fourth-order valence-corrected chi connectivity index (χ4v) is 3.04. The van der Waals surface area contributed by atoms with E-state index in [0.29, 0.717) is 11.2 Å². The van der Waals surface area contributed by atoms with E-state index in [0.717, 1.165) is 31.7 Å². The number of nitrogens with one attached hydrogen (secondary N) is 2. The van der Waals surface area contributed by atoms with Gasteiger partial charge in [-0.05, 0) is 67.6 Å². The Morgan fingerprint density at radius 3 is 3.00 bits per heavy atom. The zero-order valence-corrected chi connectivity index (χ0v) is 11.9. The lowest BCUT2D eigenvalue weighted by atomic mass is 10.1. The molecular weight excluding hydrogens is 256 g/mol. The van der Waals surface area contributed by atoms with Gasteiger partial charge in [0.05, 0.1) is 6.10 Å². The number of hydrogen-bond donors (Lipinski definition) is 2. The smallest absolute Gasteiger partial charge is 0.170 e. The number of rotatable bonds is 3. The predicted octanol–water partition coefficient (Wildman–Crippen LogP) is 2.64. The van der Waals surface area contributed by atoms with Crippen molar-refractivity contribution >= 4 is 23.0 Å². The Hall–Kier alpha value is -1.13. The van der Waals surface area contributed by atoms with Gasteiger partial charge < -0.3 is 15.4 Å². The fraction of sp³-hybridized carbons (Fsp3) is 0.533. The van der Waals surface area contributed by atoms with Crippen LogP contribution in [0.3, 0.4) is 0 Å². The van der Waals surface area contributed by atoms with Gasteiger partial charge in [-0.3, -0.25) is 0 Å². The van der Waals surface area contributed by atoms with Crippen LogP contribution in [-0.4, -0.2) is 24.4 Å². The first-order chi connectivity index (χ1) is 9.31. The van der Waals surface area contributed by atoms with Crippen LogP contribution in [0.25, 0.3) is 0 Å². The van der Waals surface area contributed by atoms with Crippen LogP contribution in [0.5, 0.6) is 0 Å². The summed E-state index contributed by atoms with van der Waals surface area (Å²) in [5.41, 5.74) is 4.04. The van der Waals surface area contributed by atoms with Crippen LogP contribution in [-0.2, 0) is 17.6 Å². The van der Waals surface area contributed by atoms with Gasteiger partial charge in [-0.25, -0.2) is 0 Å². The van der Waals surface area contributed by atoms with Crippen molar-refractivity contribution in [2.75, 3.05) is 18.5 Å². The molecule has 19 heavy (non-hydrogen) atoms. The summed E-state index contributed by atoms with van der Waals surface area (Å²) in [4.78, 5) is 0. The molecule has 1 saturated heterocycles. The monoisotopic (exact) mass is 276 g/mol. The largest absolute Gasteiger partial charge is 0.376 e. The van der Waals surface area contributed by atoms with Gasteiger partial charge >= 0.3 is 0 Å². The standard InChI is InChI=1S/C15H20N2OS/c19-15(16-10-14-5-2-8-18-14)17-13-7-6-11-3-1-4-12(11)9-13/h6-7,9,14H,1-5,8,10H2,(H2,16,17,19). The minimum Gasteiger partial charge on any atom is -0.376 e. The zero-order valence-electron chi connectivity index (χ0n) is 11.1. The summed E-state index contributed by atoms with van der Waals surface area (Å²) in [5.74, 6) is 0. The molecule has 4 heteroatoms. The summed E-state index contributed by atoms with van der Waals surface area (Å²) in [6, 6.07) is 6.56. The summed E-state index contributed by atoms with van der Waals surface area (Å²) < 4.78 is 5.56. The van der Waals surface area contributed by atoms with Crippen molar-refractivity contribution in [1.82, 2.24) is 5.32 Å². The molecule has 1 fully saturated rings. The van der Waals surface area contributed by atoms with Gasteiger partial charge in [0.25, 0.3) is 0 Å². The van der Waals surface area contributed by atoms with Crippen molar-refractivity contribution < 1.29 is 4.74 Å². The molecule has 0 spiro atoms. The van der Waals surface area contributed by atoms with Gasteiger partial charge in [-0.2, -0.15) is 0 Å². The van der Waals surface area contributed by atoms with Crippen molar-refractivity contribution in [2.24, 2.45) is 0 Å². The zero-order chi connectivity index (χ0) is 13.1. The van der Waals surface area contributed by atoms with E-state index < -0.39 is 0 Å². The molecule has 1 atom stereocenters. The van der Waals surface area contributed by atoms with Crippen molar-refractivity contribution in [3.63, 3.8) is 0 Å². The van der Waals surface area contributed by atoms with Gasteiger partial charge in [0.15, 0.2) is 5.11 Å². The van der Waals surface area contributed by atoms with E-state index in [1.807, 2.05) is 0 Å². The Balaban J connectivity index is 1.51. The third-order valence-corrected chi connectivity index (χ3v) is 4.12. The first kappa shape index (κ1) is 12.9. The van der Waals surface area contributed by atoms with Crippen LogP contribution in [0.15, 0.2) is 18.2 Å². The molecular formula is C15H20N2OS.